The molecule has 1 aromatic heterocycles. The number of rotatable bonds is 7. The molecule has 2 N–H and O–H groups in total. The molecule has 0 aliphatic rings. The number of amides is 1. The van der Waals surface area contributed by atoms with Crippen molar-refractivity contribution in [2.45, 2.75) is 31.9 Å². The number of nitrogens with one attached hydrogen (secondary N) is 1. The number of hydrogen-bond donors (Lipinski definition) is 2. The van der Waals surface area contributed by atoms with E-state index in [4.69, 9.17) is 0 Å². The van der Waals surface area contributed by atoms with Crippen LogP contribution in [0.15, 0.2) is 49.1 Å². The third kappa shape index (κ3) is 4.72. The topological polar surface area (TPSA) is 67.2 Å². The Labute approximate surface area is 124 Å². The fraction of sp³-hybridized carbons (Fsp3) is 0.375. The van der Waals surface area contributed by atoms with Crippen LogP contribution < -0.4 is 5.32 Å². The Morgan fingerprint density at radius 3 is 2.81 bits per heavy atom. The van der Waals surface area contributed by atoms with Crippen molar-refractivity contribution >= 4 is 5.91 Å². The highest BCUT2D eigenvalue weighted by atomic mass is 16.3. The van der Waals surface area contributed by atoms with Crippen LogP contribution in [-0.4, -0.2) is 27.1 Å². The van der Waals surface area contributed by atoms with E-state index in [9.17, 15) is 9.90 Å². The van der Waals surface area contributed by atoms with Gasteiger partial charge in [0.05, 0.1) is 12.9 Å². The van der Waals surface area contributed by atoms with Crippen molar-refractivity contribution in [3.8, 4) is 0 Å². The zero-order chi connectivity index (χ0) is 15.1. The van der Waals surface area contributed by atoms with Gasteiger partial charge in [-0.2, -0.15) is 0 Å². The average Bonchev–Trinajstić information content (AvgIpc) is 2.99. The number of carbonyl (C=O) groups excluding carboxylic acids is 1. The molecule has 0 spiro atoms. The largest absolute Gasteiger partial charge is 0.384 e. The first-order valence-corrected chi connectivity index (χ1v) is 7.08. The number of benzene rings is 1. The Kier molecular flexibility index (Phi) is 5.11. The maximum Gasteiger partial charge on any atom is 0.220 e. The normalized spacial score (nSPS) is 13.6. The SMILES string of the molecule is C[C@@](O)(CNC(=O)CCCn1ccnc1)c1ccccc1. The standard InChI is InChI=1S/C16H21N3O2/c1-16(21,14-6-3-2-4-7-14)12-18-15(20)8-5-10-19-11-9-17-13-19/h2-4,6-7,9,11,13,21H,5,8,10,12H2,1H3,(H,18,20)/t16-/m1/s1. The van der Waals surface area contributed by atoms with Gasteiger partial charge in [-0.3, -0.25) is 4.79 Å². The molecule has 112 valence electrons. The van der Waals surface area contributed by atoms with Crippen LogP contribution in [0.5, 0.6) is 0 Å². The van der Waals surface area contributed by atoms with E-state index >= 15 is 0 Å². The minimum absolute atomic E-state index is 0.0497. The van der Waals surface area contributed by atoms with Crippen molar-refractivity contribution in [2.24, 2.45) is 0 Å². The molecule has 1 heterocycles. The molecular weight excluding hydrogens is 266 g/mol. The molecule has 1 atom stereocenters. The molecule has 0 aliphatic heterocycles. The van der Waals surface area contributed by atoms with Gasteiger partial charge in [-0.05, 0) is 18.9 Å². The minimum atomic E-state index is -1.05. The van der Waals surface area contributed by atoms with Crippen molar-refractivity contribution in [1.29, 1.82) is 0 Å². The summed E-state index contributed by atoms with van der Waals surface area (Å²) in [6, 6.07) is 9.35. The number of nitrogens with zero attached hydrogens (tertiary/aromatic N) is 2. The molecule has 5 nitrogen and oxygen atoms in total. The summed E-state index contributed by atoms with van der Waals surface area (Å²) >= 11 is 0. The van der Waals surface area contributed by atoms with Gasteiger partial charge in [-0.25, -0.2) is 4.98 Å². The van der Waals surface area contributed by atoms with Gasteiger partial charge in [0.2, 0.25) is 5.91 Å². The Balaban J connectivity index is 1.73. The van der Waals surface area contributed by atoms with Crippen molar-refractivity contribution < 1.29 is 9.90 Å². The lowest BCUT2D eigenvalue weighted by molar-refractivity contribution is -0.122. The number of aromatic nitrogens is 2. The first-order chi connectivity index (χ1) is 10.1. The number of aryl methyl sites for hydroxylation is 1. The number of carbonyl (C=O) groups is 1. The van der Waals surface area contributed by atoms with Gasteiger partial charge in [-0.1, -0.05) is 30.3 Å². The molecule has 0 saturated heterocycles. The highest BCUT2D eigenvalue weighted by Crippen LogP contribution is 2.18. The fourth-order valence-corrected chi connectivity index (χ4v) is 2.10. The summed E-state index contributed by atoms with van der Waals surface area (Å²) in [5.41, 5.74) is -0.259. The average molecular weight is 287 g/mol. The third-order valence-corrected chi connectivity index (χ3v) is 3.40. The molecule has 5 heteroatoms. The zero-order valence-electron chi connectivity index (χ0n) is 12.2. The summed E-state index contributed by atoms with van der Waals surface area (Å²) < 4.78 is 1.94. The van der Waals surface area contributed by atoms with Crippen LogP contribution in [0, 0.1) is 0 Å². The predicted octanol–water partition coefficient (Wildman–Crippen LogP) is 1.69. The molecule has 0 radical (unpaired) electrons. The zero-order valence-corrected chi connectivity index (χ0v) is 12.2. The summed E-state index contributed by atoms with van der Waals surface area (Å²) in [7, 11) is 0. The van der Waals surface area contributed by atoms with Gasteiger partial charge < -0.3 is 15.0 Å². The quantitative estimate of drug-likeness (QED) is 0.814. The maximum absolute atomic E-state index is 11.8. The third-order valence-electron chi connectivity index (χ3n) is 3.40. The molecule has 0 bridgehead atoms. The van der Waals surface area contributed by atoms with Crippen LogP contribution in [0.1, 0.15) is 25.3 Å². The van der Waals surface area contributed by atoms with Gasteiger partial charge in [0.25, 0.3) is 0 Å². The first-order valence-electron chi connectivity index (χ1n) is 7.08. The van der Waals surface area contributed by atoms with E-state index < -0.39 is 5.60 Å². The lowest BCUT2D eigenvalue weighted by Gasteiger charge is -2.24. The maximum atomic E-state index is 11.8. The molecule has 1 aromatic carbocycles. The Hall–Kier alpha value is -2.14. The van der Waals surface area contributed by atoms with Gasteiger partial charge >= 0.3 is 0 Å². The van der Waals surface area contributed by atoms with Crippen LogP contribution in [0.4, 0.5) is 0 Å². The molecular formula is C16H21N3O2. The molecule has 1 amide bonds. The smallest absolute Gasteiger partial charge is 0.220 e. The van der Waals surface area contributed by atoms with E-state index in [0.29, 0.717) is 6.42 Å². The van der Waals surface area contributed by atoms with Crippen LogP contribution >= 0.6 is 0 Å². The summed E-state index contributed by atoms with van der Waals surface area (Å²) in [6.45, 7) is 2.68. The number of hydrogen-bond acceptors (Lipinski definition) is 3. The van der Waals surface area contributed by atoms with Gasteiger partial charge in [0.15, 0.2) is 0 Å². The van der Waals surface area contributed by atoms with E-state index in [1.165, 1.54) is 0 Å². The van der Waals surface area contributed by atoms with Gasteiger partial charge in [0, 0.05) is 25.4 Å². The highest BCUT2D eigenvalue weighted by molar-refractivity contribution is 5.75. The number of imidazole rings is 1. The van der Waals surface area contributed by atoms with Gasteiger partial charge in [-0.15, -0.1) is 0 Å². The molecule has 2 aromatic rings. The molecule has 21 heavy (non-hydrogen) atoms. The molecule has 0 fully saturated rings. The van der Waals surface area contributed by atoms with Crippen molar-refractivity contribution in [2.75, 3.05) is 6.54 Å². The van der Waals surface area contributed by atoms with E-state index in [1.54, 1.807) is 19.4 Å². The highest BCUT2D eigenvalue weighted by Gasteiger charge is 2.23. The molecule has 0 aliphatic carbocycles. The monoisotopic (exact) mass is 287 g/mol. The van der Waals surface area contributed by atoms with Crippen molar-refractivity contribution in [1.82, 2.24) is 14.9 Å². The Bertz CT molecular complexity index is 550. The second-order valence-corrected chi connectivity index (χ2v) is 5.32. The lowest BCUT2D eigenvalue weighted by atomic mass is 9.96. The van der Waals surface area contributed by atoms with Crippen LogP contribution in [0.2, 0.25) is 0 Å². The summed E-state index contributed by atoms with van der Waals surface area (Å²) in [5.74, 6) is -0.0497. The van der Waals surface area contributed by atoms with Gasteiger partial charge in [0.1, 0.15) is 5.60 Å². The fourth-order valence-electron chi connectivity index (χ4n) is 2.10. The van der Waals surface area contributed by atoms with E-state index in [0.717, 1.165) is 18.5 Å². The lowest BCUT2D eigenvalue weighted by Crippen LogP contribution is -2.38. The Morgan fingerprint density at radius 1 is 1.38 bits per heavy atom. The van der Waals surface area contributed by atoms with Crippen molar-refractivity contribution in [3.05, 3.63) is 54.6 Å². The van der Waals surface area contributed by atoms with E-state index in [-0.39, 0.29) is 12.5 Å². The Morgan fingerprint density at radius 2 is 2.14 bits per heavy atom. The minimum Gasteiger partial charge on any atom is -0.384 e. The van der Waals surface area contributed by atoms with E-state index in [2.05, 4.69) is 10.3 Å². The summed E-state index contributed by atoms with van der Waals surface area (Å²) in [6.07, 6.45) is 6.51. The van der Waals surface area contributed by atoms with Crippen LogP contribution in [0.3, 0.4) is 0 Å². The summed E-state index contributed by atoms with van der Waals surface area (Å²) in [4.78, 5) is 15.8. The molecule has 0 unspecified atom stereocenters. The summed E-state index contributed by atoms with van der Waals surface area (Å²) in [5, 5.41) is 13.2. The second-order valence-electron chi connectivity index (χ2n) is 5.32. The molecule has 0 saturated carbocycles. The first kappa shape index (κ1) is 15.3. The van der Waals surface area contributed by atoms with Crippen molar-refractivity contribution in [3.63, 3.8) is 0 Å². The van der Waals surface area contributed by atoms with Crippen LogP contribution in [-0.2, 0) is 16.9 Å². The second kappa shape index (κ2) is 7.04. The van der Waals surface area contributed by atoms with Crippen LogP contribution in [0.25, 0.3) is 0 Å². The van der Waals surface area contributed by atoms with E-state index in [1.807, 2.05) is 41.1 Å². The molecule has 2 rings (SSSR count). The predicted molar refractivity (Wildman–Crippen MR) is 80.5 cm³/mol. The number of aliphatic hydroxyl groups is 1.